The summed E-state index contributed by atoms with van der Waals surface area (Å²) in [5.41, 5.74) is -0.306. The van der Waals surface area contributed by atoms with Crippen LogP contribution >= 0.6 is 11.6 Å². The predicted molar refractivity (Wildman–Crippen MR) is 58.8 cm³/mol. The summed E-state index contributed by atoms with van der Waals surface area (Å²) in [6.07, 6.45) is 1.06. The molecule has 0 aromatic carbocycles. The number of nitro groups is 1. The number of methoxy groups -OCH3 is 1. The highest BCUT2D eigenvalue weighted by Gasteiger charge is 2.16. The number of carbonyl (C=O) groups excluding carboxylic acids is 1. The standard InChI is InChI=1S/C8H9ClN4O4/c1-17-6(14)2-3-10-7-5(13(15)16)4-11-8(9)12-7/h4H,2-3H2,1H3,(H,10,11,12). The van der Waals surface area contributed by atoms with E-state index in [1.807, 2.05) is 0 Å². The van der Waals surface area contributed by atoms with Crippen LogP contribution in [0.2, 0.25) is 5.28 Å². The van der Waals surface area contributed by atoms with Crippen LogP contribution in [0.25, 0.3) is 0 Å². The summed E-state index contributed by atoms with van der Waals surface area (Å²) in [6, 6.07) is 0. The fourth-order valence-corrected chi connectivity index (χ4v) is 1.14. The molecule has 0 atom stereocenters. The van der Waals surface area contributed by atoms with Gasteiger partial charge in [-0.2, -0.15) is 4.98 Å². The number of hydrogen-bond acceptors (Lipinski definition) is 7. The highest BCUT2D eigenvalue weighted by atomic mass is 35.5. The lowest BCUT2D eigenvalue weighted by Gasteiger charge is -2.04. The Morgan fingerprint density at radius 3 is 3.00 bits per heavy atom. The summed E-state index contributed by atoms with van der Waals surface area (Å²) < 4.78 is 4.42. The molecule has 0 bridgehead atoms. The lowest BCUT2D eigenvalue weighted by Crippen LogP contribution is -2.12. The molecule has 1 aromatic heterocycles. The largest absolute Gasteiger partial charge is 0.469 e. The number of nitrogens with zero attached hydrogens (tertiary/aromatic N) is 3. The Kier molecular flexibility index (Phi) is 4.58. The molecule has 1 rings (SSSR count). The molecule has 92 valence electrons. The summed E-state index contributed by atoms with van der Waals surface area (Å²) >= 11 is 5.51. The summed E-state index contributed by atoms with van der Waals surface area (Å²) in [6.45, 7) is 0.154. The molecule has 8 nitrogen and oxygen atoms in total. The Bertz CT molecular complexity index is 440. The average molecular weight is 261 g/mol. The van der Waals surface area contributed by atoms with Crippen molar-refractivity contribution in [1.82, 2.24) is 9.97 Å². The van der Waals surface area contributed by atoms with Gasteiger partial charge in [-0.1, -0.05) is 0 Å². The minimum Gasteiger partial charge on any atom is -0.469 e. The van der Waals surface area contributed by atoms with Crippen LogP contribution < -0.4 is 5.32 Å². The maximum atomic E-state index is 10.8. The molecule has 0 aliphatic heterocycles. The first kappa shape index (κ1) is 13.1. The van der Waals surface area contributed by atoms with Crippen LogP contribution in [0, 0.1) is 10.1 Å². The molecule has 0 aliphatic carbocycles. The van der Waals surface area contributed by atoms with Crippen molar-refractivity contribution >= 4 is 29.1 Å². The molecular formula is C8H9ClN4O4. The Labute approximate surface area is 101 Å². The minimum absolute atomic E-state index is 0.0288. The van der Waals surface area contributed by atoms with E-state index in [1.54, 1.807) is 0 Å². The van der Waals surface area contributed by atoms with Gasteiger partial charge < -0.3 is 10.1 Å². The van der Waals surface area contributed by atoms with Gasteiger partial charge in [0, 0.05) is 6.54 Å². The highest BCUT2D eigenvalue weighted by Crippen LogP contribution is 2.21. The minimum atomic E-state index is -0.642. The monoisotopic (exact) mass is 260 g/mol. The lowest BCUT2D eigenvalue weighted by molar-refractivity contribution is -0.384. The first-order chi connectivity index (χ1) is 8.04. The first-order valence-corrected chi connectivity index (χ1v) is 4.90. The predicted octanol–water partition coefficient (Wildman–Crippen LogP) is 1.01. The van der Waals surface area contributed by atoms with Gasteiger partial charge in [-0.15, -0.1) is 0 Å². The van der Waals surface area contributed by atoms with Crippen molar-refractivity contribution in [2.24, 2.45) is 0 Å². The van der Waals surface area contributed by atoms with E-state index in [0.29, 0.717) is 0 Å². The number of aromatic nitrogens is 2. The third-order valence-corrected chi connectivity index (χ3v) is 1.97. The van der Waals surface area contributed by atoms with E-state index in [-0.39, 0.29) is 29.8 Å². The second kappa shape index (κ2) is 5.94. The number of ether oxygens (including phenoxy) is 1. The molecule has 0 amide bonds. The molecule has 0 saturated heterocycles. The second-order valence-corrected chi connectivity index (χ2v) is 3.22. The third-order valence-electron chi connectivity index (χ3n) is 1.79. The van der Waals surface area contributed by atoms with E-state index in [9.17, 15) is 14.9 Å². The molecule has 0 unspecified atom stereocenters. The van der Waals surface area contributed by atoms with E-state index in [1.165, 1.54) is 7.11 Å². The van der Waals surface area contributed by atoms with Crippen LogP contribution in [0.15, 0.2) is 6.20 Å². The maximum absolute atomic E-state index is 10.8. The van der Waals surface area contributed by atoms with E-state index >= 15 is 0 Å². The number of carbonyl (C=O) groups is 1. The number of halogens is 1. The van der Waals surface area contributed by atoms with Gasteiger partial charge in [0.2, 0.25) is 11.1 Å². The quantitative estimate of drug-likeness (QED) is 0.364. The van der Waals surface area contributed by atoms with Crippen molar-refractivity contribution in [3.05, 3.63) is 21.6 Å². The highest BCUT2D eigenvalue weighted by molar-refractivity contribution is 6.28. The second-order valence-electron chi connectivity index (χ2n) is 2.88. The zero-order valence-corrected chi connectivity index (χ0v) is 9.60. The molecule has 1 aromatic rings. The number of nitrogens with one attached hydrogen (secondary N) is 1. The van der Waals surface area contributed by atoms with Gasteiger partial charge in [-0.25, -0.2) is 4.98 Å². The molecule has 0 spiro atoms. The molecule has 1 heterocycles. The molecule has 0 radical (unpaired) electrons. The molecular weight excluding hydrogens is 252 g/mol. The topological polar surface area (TPSA) is 107 Å². The van der Waals surface area contributed by atoms with Gasteiger partial charge in [-0.3, -0.25) is 14.9 Å². The van der Waals surface area contributed by atoms with Crippen molar-refractivity contribution in [1.29, 1.82) is 0 Å². The van der Waals surface area contributed by atoms with Crippen molar-refractivity contribution < 1.29 is 14.5 Å². The van der Waals surface area contributed by atoms with Crippen molar-refractivity contribution in [3.63, 3.8) is 0 Å². The van der Waals surface area contributed by atoms with Crippen LogP contribution in [-0.4, -0.2) is 34.5 Å². The normalized spacial score (nSPS) is 9.76. The number of hydrogen-bond donors (Lipinski definition) is 1. The summed E-state index contributed by atoms with van der Waals surface area (Å²) in [4.78, 5) is 28.0. The molecule has 0 saturated carbocycles. The third kappa shape index (κ3) is 3.83. The number of esters is 1. The smallest absolute Gasteiger partial charge is 0.329 e. The zero-order chi connectivity index (χ0) is 12.8. The van der Waals surface area contributed by atoms with Gasteiger partial charge in [-0.05, 0) is 11.6 Å². The van der Waals surface area contributed by atoms with Crippen LogP contribution in [0.3, 0.4) is 0 Å². The molecule has 9 heteroatoms. The van der Waals surface area contributed by atoms with E-state index in [2.05, 4.69) is 20.0 Å². The summed E-state index contributed by atoms with van der Waals surface area (Å²) in [5, 5.41) is 13.1. The zero-order valence-electron chi connectivity index (χ0n) is 8.84. The van der Waals surface area contributed by atoms with Gasteiger partial charge in [0.15, 0.2) is 0 Å². The molecule has 0 aliphatic rings. The van der Waals surface area contributed by atoms with E-state index < -0.39 is 10.9 Å². The van der Waals surface area contributed by atoms with Crippen molar-refractivity contribution in [2.45, 2.75) is 6.42 Å². The fraction of sp³-hybridized carbons (Fsp3) is 0.375. The van der Waals surface area contributed by atoms with Crippen LogP contribution in [0.1, 0.15) is 6.42 Å². The summed E-state index contributed by atoms with van der Waals surface area (Å²) in [5.74, 6) is -0.459. The maximum Gasteiger partial charge on any atom is 0.329 e. The van der Waals surface area contributed by atoms with E-state index in [0.717, 1.165) is 6.20 Å². The Morgan fingerprint density at radius 1 is 1.71 bits per heavy atom. The van der Waals surface area contributed by atoms with Crippen LogP contribution in [0.4, 0.5) is 11.5 Å². The SMILES string of the molecule is COC(=O)CCNc1nc(Cl)ncc1[N+](=O)[O-]. The Balaban J connectivity index is 2.72. The fourth-order valence-electron chi connectivity index (χ4n) is 1.00. The van der Waals surface area contributed by atoms with Gasteiger partial charge in [0.05, 0.1) is 18.5 Å². The summed E-state index contributed by atoms with van der Waals surface area (Å²) in [7, 11) is 1.26. The van der Waals surface area contributed by atoms with Gasteiger partial charge in [0.25, 0.3) is 0 Å². The first-order valence-electron chi connectivity index (χ1n) is 4.52. The molecule has 0 fully saturated rings. The van der Waals surface area contributed by atoms with Gasteiger partial charge >= 0.3 is 11.7 Å². The number of rotatable bonds is 5. The molecule has 1 N–H and O–H groups in total. The number of anilines is 1. The lowest BCUT2D eigenvalue weighted by atomic mass is 10.4. The van der Waals surface area contributed by atoms with Gasteiger partial charge in [0.1, 0.15) is 6.20 Å². The average Bonchev–Trinajstić information content (AvgIpc) is 2.28. The van der Waals surface area contributed by atoms with Crippen molar-refractivity contribution in [2.75, 3.05) is 19.0 Å². The Morgan fingerprint density at radius 2 is 2.41 bits per heavy atom. The Hall–Kier alpha value is -1.96. The van der Waals surface area contributed by atoms with Crippen LogP contribution in [-0.2, 0) is 9.53 Å². The molecule has 17 heavy (non-hydrogen) atoms. The van der Waals surface area contributed by atoms with E-state index in [4.69, 9.17) is 11.6 Å². The van der Waals surface area contributed by atoms with Crippen LogP contribution in [0.5, 0.6) is 0 Å². The van der Waals surface area contributed by atoms with Crippen molar-refractivity contribution in [3.8, 4) is 0 Å².